The van der Waals surface area contributed by atoms with Gasteiger partial charge in [-0.3, -0.25) is 4.79 Å². The molecule has 0 spiro atoms. The molecule has 0 saturated heterocycles. The average Bonchev–Trinajstić information content (AvgIpc) is 2.15. The van der Waals surface area contributed by atoms with Crippen LogP contribution in [0.15, 0.2) is 18.2 Å². The van der Waals surface area contributed by atoms with E-state index in [0.717, 1.165) is 12.1 Å². The van der Waals surface area contributed by atoms with Crippen LogP contribution in [0, 0.1) is 0 Å². The van der Waals surface area contributed by atoms with Gasteiger partial charge in [0, 0.05) is 17.9 Å². The number of benzene rings is 1. The van der Waals surface area contributed by atoms with E-state index in [2.05, 4.69) is 0 Å². The number of alkyl halides is 4. The normalized spacial score (nSPS) is 11.5. The highest BCUT2D eigenvalue weighted by Crippen LogP contribution is 2.38. The predicted molar refractivity (Wildman–Crippen MR) is 52.8 cm³/mol. The highest BCUT2D eigenvalue weighted by Gasteiger charge is 2.37. The summed E-state index contributed by atoms with van der Waals surface area (Å²) in [5.41, 5.74) is -1.85. The third-order valence-corrected chi connectivity index (χ3v) is 2.14. The molecule has 0 atom stereocenters. The monoisotopic (exact) mass is 252 g/mol. The van der Waals surface area contributed by atoms with Gasteiger partial charge in [0.2, 0.25) is 0 Å². The van der Waals surface area contributed by atoms with Crippen molar-refractivity contribution in [2.75, 3.05) is 5.88 Å². The quantitative estimate of drug-likeness (QED) is 0.662. The van der Waals surface area contributed by atoms with E-state index in [9.17, 15) is 18.0 Å². The summed E-state index contributed by atoms with van der Waals surface area (Å²) in [5, 5.41) is 9.14. The standard InChI is InChI=1S/C10H8ClF3O2/c11-5-4-7(15)6-2-1-3-8(16)9(6)10(12,13)14/h1-3,16H,4-5H2. The van der Waals surface area contributed by atoms with Gasteiger partial charge in [0.15, 0.2) is 5.78 Å². The Morgan fingerprint density at radius 1 is 1.38 bits per heavy atom. The molecule has 1 rings (SSSR count). The zero-order valence-electron chi connectivity index (χ0n) is 8.01. The van der Waals surface area contributed by atoms with Gasteiger partial charge in [-0.05, 0) is 6.07 Å². The van der Waals surface area contributed by atoms with Crippen molar-refractivity contribution in [1.29, 1.82) is 0 Å². The Hall–Kier alpha value is -1.23. The van der Waals surface area contributed by atoms with Crippen molar-refractivity contribution in [3.63, 3.8) is 0 Å². The summed E-state index contributed by atoms with van der Waals surface area (Å²) in [5.74, 6) is -1.75. The van der Waals surface area contributed by atoms with Crippen LogP contribution >= 0.6 is 11.6 Å². The molecule has 16 heavy (non-hydrogen) atoms. The Bertz CT molecular complexity index is 402. The van der Waals surface area contributed by atoms with Crippen LogP contribution in [0.5, 0.6) is 5.75 Å². The van der Waals surface area contributed by atoms with Gasteiger partial charge in [-0.1, -0.05) is 12.1 Å². The van der Waals surface area contributed by atoms with Crippen LogP contribution < -0.4 is 0 Å². The molecule has 0 fully saturated rings. The Morgan fingerprint density at radius 3 is 2.50 bits per heavy atom. The second kappa shape index (κ2) is 4.74. The van der Waals surface area contributed by atoms with Crippen molar-refractivity contribution < 1.29 is 23.1 Å². The summed E-state index contributed by atoms with van der Waals surface area (Å²) in [6.07, 6.45) is -4.96. The molecule has 0 bridgehead atoms. The van der Waals surface area contributed by atoms with Crippen LogP contribution in [-0.4, -0.2) is 16.8 Å². The summed E-state index contributed by atoms with van der Waals surface area (Å²) in [6.45, 7) is 0. The molecule has 0 radical (unpaired) electrons. The number of carbonyl (C=O) groups is 1. The smallest absolute Gasteiger partial charge is 0.420 e. The first-order chi connectivity index (χ1) is 7.38. The number of carbonyl (C=O) groups excluding carboxylic acids is 1. The lowest BCUT2D eigenvalue weighted by molar-refractivity contribution is -0.139. The maximum absolute atomic E-state index is 12.6. The van der Waals surface area contributed by atoms with Crippen LogP contribution in [0.1, 0.15) is 22.3 Å². The minimum Gasteiger partial charge on any atom is -0.507 e. The van der Waals surface area contributed by atoms with Crippen LogP contribution in [0.3, 0.4) is 0 Å². The molecule has 0 aliphatic carbocycles. The van der Waals surface area contributed by atoms with E-state index in [0.29, 0.717) is 0 Å². The number of rotatable bonds is 3. The van der Waals surface area contributed by atoms with Gasteiger partial charge in [0.1, 0.15) is 11.3 Å². The molecule has 0 heterocycles. The van der Waals surface area contributed by atoms with Gasteiger partial charge in [-0.25, -0.2) is 0 Å². The fraction of sp³-hybridized carbons (Fsp3) is 0.300. The average molecular weight is 253 g/mol. The Morgan fingerprint density at radius 2 is 2.00 bits per heavy atom. The lowest BCUT2D eigenvalue weighted by Crippen LogP contribution is -2.13. The molecule has 2 nitrogen and oxygen atoms in total. The molecule has 0 unspecified atom stereocenters. The molecule has 1 aromatic rings. The van der Waals surface area contributed by atoms with Crippen LogP contribution in [0.25, 0.3) is 0 Å². The van der Waals surface area contributed by atoms with Gasteiger partial charge in [-0.2, -0.15) is 13.2 Å². The number of hydrogen-bond acceptors (Lipinski definition) is 2. The molecular weight excluding hydrogens is 245 g/mol. The number of phenolic OH excluding ortho intramolecular Hbond substituents is 1. The lowest BCUT2D eigenvalue weighted by atomic mass is 10.0. The number of halogens is 4. The van der Waals surface area contributed by atoms with Crippen LogP contribution in [-0.2, 0) is 6.18 Å². The minimum atomic E-state index is -4.76. The van der Waals surface area contributed by atoms with E-state index in [4.69, 9.17) is 16.7 Å². The zero-order chi connectivity index (χ0) is 12.3. The number of aromatic hydroxyl groups is 1. The van der Waals surface area contributed by atoms with Crippen LogP contribution in [0.4, 0.5) is 13.2 Å². The van der Waals surface area contributed by atoms with Gasteiger partial charge >= 0.3 is 6.18 Å². The molecule has 88 valence electrons. The Kier molecular flexibility index (Phi) is 3.80. The first-order valence-electron chi connectivity index (χ1n) is 4.36. The second-order valence-electron chi connectivity index (χ2n) is 3.06. The molecule has 0 saturated carbocycles. The van der Waals surface area contributed by atoms with Gasteiger partial charge in [-0.15, -0.1) is 11.6 Å². The number of ketones is 1. The van der Waals surface area contributed by atoms with Gasteiger partial charge in [0.05, 0.1) is 0 Å². The van der Waals surface area contributed by atoms with Crippen molar-refractivity contribution in [3.05, 3.63) is 29.3 Å². The third kappa shape index (κ3) is 2.66. The summed E-state index contributed by atoms with van der Waals surface area (Å²) >= 11 is 5.29. The molecule has 6 heteroatoms. The Labute approximate surface area is 94.6 Å². The fourth-order valence-corrected chi connectivity index (χ4v) is 1.46. The minimum absolute atomic E-state index is 0.0637. The lowest BCUT2D eigenvalue weighted by Gasteiger charge is -2.13. The van der Waals surface area contributed by atoms with Crippen molar-refractivity contribution in [1.82, 2.24) is 0 Å². The maximum atomic E-state index is 12.6. The number of Topliss-reactive ketones (excluding diaryl/α,β-unsaturated/α-hetero) is 1. The molecule has 0 aliphatic heterocycles. The van der Waals surface area contributed by atoms with E-state index in [1.54, 1.807) is 0 Å². The number of hydrogen-bond donors (Lipinski definition) is 1. The zero-order valence-corrected chi connectivity index (χ0v) is 8.77. The van der Waals surface area contributed by atoms with E-state index < -0.39 is 28.8 Å². The first kappa shape index (κ1) is 12.8. The fourth-order valence-electron chi connectivity index (χ4n) is 1.29. The van der Waals surface area contributed by atoms with Gasteiger partial charge < -0.3 is 5.11 Å². The highest BCUT2D eigenvalue weighted by molar-refractivity contribution is 6.19. The Balaban J connectivity index is 3.29. The largest absolute Gasteiger partial charge is 0.507 e. The van der Waals surface area contributed by atoms with Crippen molar-refractivity contribution in [2.45, 2.75) is 12.6 Å². The SMILES string of the molecule is O=C(CCCl)c1cccc(O)c1C(F)(F)F. The summed E-state index contributed by atoms with van der Waals surface area (Å²) in [6, 6.07) is 3.10. The molecule has 0 amide bonds. The van der Waals surface area contributed by atoms with Crippen molar-refractivity contribution >= 4 is 17.4 Å². The molecule has 1 N–H and O–H groups in total. The van der Waals surface area contributed by atoms with E-state index in [1.807, 2.05) is 0 Å². The van der Waals surface area contributed by atoms with Crippen molar-refractivity contribution in [2.24, 2.45) is 0 Å². The second-order valence-corrected chi connectivity index (χ2v) is 3.44. The summed E-state index contributed by atoms with van der Waals surface area (Å²) in [4.78, 5) is 11.4. The summed E-state index contributed by atoms with van der Waals surface area (Å²) in [7, 11) is 0. The van der Waals surface area contributed by atoms with Crippen molar-refractivity contribution in [3.8, 4) is 5.75 Å². The van der Waals surface area contributed by atoms with Gasteiger partial charge in [0.25, 0.3) is 0 Å². The van der Waals surface area contributed by atoms with Crippen LogP contribution in [0.2, 0.25) is 0 Å². The highest BCUT2D eigenvalue weighted by atomic mass is 35.5. The number of phenols is 1. The predicted octanol–water partition coefficient (Wildman–Crippen LogP) is 3.22. The van der Waals surface area contributed by atoms with E-state index in [-0.39, 0.29) is 12.3 Å². The first-order valence-corrected chi connectivity index (χ1v) is 4.89. The third-order valence-electron chi connectivity index (χ3n) is 1.95. The molecular formula is C10H8ClF3O2. The van der Waals surface area contributed by atoms with E-state index >= 15 is 0 Å². The molecule has 1 aromatic carbocycles. The topological polar surface area (TPSA) is 37.3 Å². The summed E-state index contributed by atoms with van der Waals surface area (Å²) < 4.78 is 37.7. The maximum Gasteiger partial charge on any atom is 0.420 e. The molecule has 0 aliphatic rings. The van der Waals surface area contributed by atoms with E-state index in [1.165, 1.54) is 6.07 Å². The molecule has 0 aromatic heterocycles.